The lowest BCUT2D eigenvalue weighted by molar-refractivity contribution is -0.130. The summed E-state index contributed by atoms with van der Waals surface area (Å²) in [6, 6.07) is 17.1. The number of primary amides is 1. The van der Waals surface area contributed by atoms with Gasteiger partial charge in [-0.15, -0.1) is 0 Å². The number of hydrogen-bond donors (Lipinski definition) is 5. The van der Waals surface area contributed by atoms with E-state index in [0.29, 0.717) is 18.7 Å². The van der Waals surface area contributed by atoms with Crippen LogP contribution in [0.4, 0.5) is 4.79 Å². The van der Waals surface area contributed by atoms with Crippen LogP contribution in [0.1, 0.15) is 44.1 Å². The molecule has 0 aliphatic rings. The molecule has 3 rings (SSSR count). The Hall–Kier alpha value is -4.18. The summed E-state index contributed by atoms with van der Waals surface area (Å²) in [6.45, 7) is 5.27. The number of carbonyl (C=O) groups excluding carboxylic acids is 3. The van der Waals surface area contributed by atoms with E-state index in [1.165, 1.54) is 0 Å². The number of imidazole rings is 1. The number of H-pyrrole nitrogens is 1. The Morgan fingerprint density at radius 2 is 1.55 bits per heavy atom. The van der Waals surface area contributed by atoms with Crippen molar-refractivity contribution in [2.45, 2.75) is 70.2 Å². The zero-order valence-corrected chi connectivity index (χ0v) is 23.2. The van der Waals surface area contributed by atoms with Crippen LogP contribution in [0.3, 0.4) is 0 Å². The van der Waals surface area contributed by atoms with Crippen molar-refractivity contribution in [1.82, 2.24) is 20.6 Å². The molecule has 4 atom stereocenters. The first kappa shape index (κ1) is 30.4. The Morgan fingerprint density at radius 3 is 2.08 bits per heavy atom. The predicted molar refractivity (Wildman–Crippen MR) is 151 cm³/mol. The fourth-order valence-electron chi connectivity index (χ4n) is 4.36. The normalized spacial score (nSPS) is 14.4. The number of nitrogens with one attached hydrogen (secondary N) is 3. The van der Waals surface area contributed by atoms with Crippen LogP contribution >= 0.6 is 0 Å². The quantitative estimate of drug-likeness (QED) is 0.220. The van der Waals surface area contributed by atoms with Gasteiger partial charge in [0.1, 0.15) is 17.5 Å². The minimum atomic E-state index is -1.11. The predicted octanol–water partition coefficient (Wildman–Crippen LogP) is 2.67. The fraction of sp³-hybridized carbons (Fsp3) is 0.400. The maximum absolute atomic E-state index is 13.5. The average Bonchev–Trinajstić information content (AvgIpc) is 3.41. The molecule has 0 bridgehead atoms. The minimum Gasteiger partial charge on any atom is -0.444 e. The van der Waals surface area contributed by atoms with Gasteiger partial charge in [0.05, 0.1) is 12.1 Å². The van der Waals surface area contributed by atoms with Crippen LogP contribution in [0.25, 0.3) is 0 Å². The molecule has 6 N–H and O–H groups in total. The Balaban J connectivity index is 1.81. The molecule has 0 fully saturated rings. The third-order valence-electron chi connectivity index (χ3n) is 6.30. The van der Waals surface area contributed by atoms with Crippen molar-refractivity contribution in [2.24, 2.45) is 11.7 Å². The monoisotopic (exact) mass is 549 g/mol. The molecule has 1 heterocycles. The number of carbonyl (C=O) groups is 3. The lowest BCUT2D eigenvalue weighted by Gasteiger charge is -2.29. The van der Waals surface area contributed by atoms with Gasteiger partial charge in [0.2, 0.25) is 11.8 Å². The molecule has 0 aliphatic heterocycles. The van der Waals surface area contributed by atoms with Crippen LogP contribution in [0.15, 0.2) is 73.1 Å². The molecule has 3 aromatic rings. The van der Waals surface area contributed by atoms with Gasteiger partial charge in [-0.05, 0) is 51.2 Å². The number of nitrogens with two attached hydrogens (primary N) is 1. The van der Waals surface area contributed by atoms with Crippen molar-refractivity contribution in [3.05, 3.63) is 90.0 Å². The molecule has 0 saturated heterocycles. The second-order valence-electron chi connectivity index (χ2n) is 10.8. The highest BCUT2D eigenvalue weighted by atomic mass is 16.6. The summed E-state index contributed by atoms with van der Waals surface area (Å²) in [5, 5.41) is 16.9. The lowest BCUT2D eigenvalue weighted by atomic mass is 9.88. The van der Waals surface area contributed by atoms with E-state index in [1.54, 1.807) is 33.2 Å². The van der Waals surface area contributed by atoms with Gasteiger partial charge in [-0.1, -0.05) is 60.7 Å². The van der Waals surface area contributed by atoms with Gasteiger partial charge in [-0.25, -0.2) is 9.78 Å². The summed E-state index contributed by atoms with van der Waals surface area (Å²) < 4.78 is 5.43. The highest BCUT2D eigenvalue weighted by Gasteiger charge is 2.31. The molecular formula is C30H39N5O5. The molecule has 0 unspecified atom stereocenters. The lowest BCUT2D eigenvalue weighted by Crippen LogP contribution is -2.51. The van der Waals surface area contributed by atoms with Crippen LogP contribution in [0.2, 0.25) is 0 Å². The molecule has 0 saturated carbocycles. The highest BCUT2D eigenvalue weighted by Crippen LogP contribution is 2.20. The second kappa shape index (κ2) is 14.3. The van der Waals surface area contributed by atoms with Crippen molar-refractivity contribution >= 4 is 17.9 Å². The number of rotatable bonds is 13. The topological polar surface area (TPSA) is 159 Å². The van der Waals surface area contributed by atoms with Crippen molar-refractivity contribution in [3.63, 3.8) is 0 Å². The molecule has 10 nitrogen and oxygen atoms in total. The first-order valence-electron chi connectivity index (χ1n) is 13.3. The Labute approximate surface area is 234 Å². The summed E-state index contributed by atoms with van der Waals surface area (Å²) in [4.78, 5) is 45.4. The fourth-order valence-corrected chi connectivity index (χ4v) is 4.36. The van der Waals surface area contributed by atoms with E-state index in [9.17, 15) is 19.5 Å². The Bertz CT molecular complexity index is 1210. The van der Waals surface area contributed by atoms with Crippen molar-refractivity contribution in [2.75, 3.05) is 0 Å². The van der Waals surface area contributed by atoms with Crippen LogP contribution < -0.4 is 16.4 Å². The second-order valence-corrected chi connectivity index (χ2v) is 10.8. The molecule has 40 heavy (non-hydrogen) atoms. The highest BCUT2D eigenvalue weighted by molar-refractivity contribution is 5.87. The maximum Gasteiger partial charge on any atom is 0.407 e. The van der Waals surface area contributed by atoms with Crippen LogP contribution in [-0.2, 0) is 33.6 Å². The SMILES string of the molecule is CC(C)(C)OC(=O)N[C@@H](Cc1ccccc1)[C@@H](O)C[C@@H](Cc1ccccc1)C(=O)N[C@@H](Cc1ncc[nH]1)C(N)=O. The molecule has 0 radical (unpaired) electrons. The van der Waals surface area contributed by atoms with Gasteiger partial charge < -0.3 is 31.2 Å². The number of aliphatic hydroxyl groups is 1. The van der Waals surface area contributed by atoms with Crippen LogP contribution in [-0.4, -0.2) is 56.8 Å². The van der Waals surface area contributed by atoms with E-state index >= 15 is 0 Å². The first-order valence-corrected chi connectivity index (χ1v) is 13.3. The molecule has 2 aromatic carbocycles. The van der Waals surface area contributed by atoms with Gasteiger partial charge in [0.25, 0.3) is 0 Å². The maximum atomic E-state index is 13.5. The van der Waals surface area contributed by atoms with Gasteiger partial charge in [0, 0.05) is 24.7 Å². The van der Waals surface area contributed by atoms with E-state index in [1.807, 2.05) is 60.7 Å². The van der Waals surface area contributed by atoms with E-state index in [2.05, 4.69) is 20.6 Å². The number of aliphatic hydroxyl groups excluding tert-OH is 1. The van der Waals surface area contributed by atoms with Crippen molar-refractivity contribution < 1.29 is 24.2 Å². The molecule has 0 aliphatic carbocycles. The largest absolute Gasteiger partial charge is 0.444 e. The number of nitrogens with zero attached hydrogens (tertiary/aromatic N) is 1. The molecule has 214 valence electrons. The summed E-state index contributed by atoms with van der Waals surface area (Å²) in [5.74, 6) is -1.35. The Kier molecular flexibility index (Phi) is 10.8. The molecular weight excluding hydrogens is 510 g/mol. The number of ether oxygens (including phenoxy) is 1. The third-order valence-corrected chi connectivity index (χ3v) is 6.30. The molecule has 10 heteroatoms. The van der Waals surface area contributed by atoms with Gasteiger partial charge in [-0.2, -0.15) is 0 Å². The molecule has 1 aromatic heterocycles. The van der Waals surface area contributed by atoms with Crippen LogP contribution in [0.5, 0.6) is 0 Å². The first-order chi connectivity index (χ1) is 19.0. The number of benzene rings is 2. The summed E-state index contributed by atoms with van der Waals surface area (Å²) in [6.07, 6.45) is 2.14. The number of aromatic amines is 1. The van der Waals surface area contributed by atoms with Gasteiger partial charge in [0.15, 0.2) is 0 Å². The standard InChI is InChI=1S/C30H39N5O5/c1-30(2,3)40-29(39)35-23(17-21-12-8-5-9-13-21)25(36)18-22(16-20-10-6-4-7-11-20)28(38)34-24(27(31)37)19-26-32-14-15-33-26/h4-15,22-25,36H,16-19H2,1-3H3,(H2,31,37)(H,32,33)(H,34,38)(H,35,39)/t22-,23+,24+,25+/m1/s1. The molecule has 3 amide bonds. The summed E-state index contributed by atoms with van der Waals surface area (Å²) >= 11 is 0. The van der Waals surface area contributed by atoms with Crippen LogP contribution in [0, 0.1) is 5.92 Å². The zero-order chi connectivity index (χ0) is 29.1. The smallest absolute Gasteiger partial charge is 0.407 e. The number of alkyl carbamates (subject to hydrolysis) is 1. The van der Waals surface area contributed by atoms with Gasteiger partial charge >= 0.3 is 6.09 Å². The van der Waals surface area contributed by atoms with Crippen molar-refractivity contribution in [3.8, 4) is 0 Å². The summed E-state index contributed by atoms with van der Waals surface area (Å²) in [7, 11) is 0. The number of hydrogen-bond acceptors (Lipinski definition) is 6. The third kappa shape index (κ3) is 10.2. The Morgan fingerprint density at radius 1 is 0.950 bits per heavy atom. The molecule has 0 spiro atoms. The minimum absolute atomic E-state index is 0.0141. The summed E-state index contributed by atoms with van der Waals surface area (Å²) in [5.41, 5.74) is 6.65. The van der Waals surface area contributed by atoms with E-state index in [4.69, 9.17) is 10.5 Å². The van der Waals surface area contributed by atoms with E-state index < -0.39 is 47.6 Å². The number of amides is 3. The number of aromatic nitrogens is 2. The van der Waals surface area contributed by atoms with Crippen molar-refractivity contribution in [1.29, 1.82) is 0 Å². The average molecular weight is 550 g/mol. The van der Waals surface area contributed by atoms with E-state index in [0.717, 1.165) is 11.1 Å². The zero-order valence-electron chi connectivity index (χ0n) is 23.2. The van der Waals surface area contributed by atoms with E-state index in [-0.39, 0.29) is 12.8 Å². The van der Waals surface area contributed by atoms with Gasteiger partial charge in [-0.3, -0.25) is 9.59 Å².